The lowest BCUT2D eigenvalue weighted by atomic mass is 10.6. The minimum absolute atomic E-state index is 0.110. The fraction of sp³-hybridized carbons (Fsp3) is 0.200. The molecule has 0 fully saturated rings. The van der Waals surface area contributed by atoms with E-state index in [-0.39, 0.29) is 6.61 Å². The van der Waals surface area contributed by atoms with Crippen molar-refractivity contribution in [2.45, 2.75) is 0 Å². The van der Waals surface area contributed by atoms with E-state index in [0.717, 1.165) is 0 Å². The zero-order valence-corrected chi connectivity index (χ0v) is 4.44. The van der Waals surface area contributed by atoms with Crippen LogP contribution in [0.5, 0.6) is 0 Å². The third-order valence-electron chi connectivity index (χ3n) is 0.327. The van der Waals surface area contributed by atoms with Gasteiger partial charge in [0.25, 0.3) is 0 Å². The molecule has 1 nitrogen and oxygen atoms in total. The Labute approximate surface area is 47.6 Å². The fourth-order valence-corrected chi connectivity index (χ4v) is 0.199. The maximum atomic E-state index is 8.04. The second-order valence-corrected chi connectivity index (χ2v) is 1.02. The second-order valence-electron chi connectivity index (χ2n) is 0.772. The van der Waals surface area contributed by atoms with Crippen LogP contribution < -0.4 is 0 Å². The average Bonchev–Trinajstić information content (AvgIpc) is 1.69. The van der Waals surface area contributed by atoms with Gasteiger partial charge in [0.2, 0.25) is 0 Å². The van der Waals surface area contributed by atoms with Crippen LogP contribution in [-0.2, 0) is 0 Å². The van der Waals surface area contributed by atoms with E-state index in [0.29, 0.717) is 0 Å². The minimum Gasteiger partial charge on any atom is -0.384 e. The summed E-state index contributed by atoms with van der Waals surface area (Å²) in [4.78, 5) is 0. The Bertz CT molecular complexity index is 107. The van der Waals surface area contributed by atoms with E-state index in [2.05, 4.69) is 11.8 Å². The molecule has 0 spiro atoms. The molecule has 0 aromatic heterocycles. The maximum Gasteiger partial charge on any atom is 0.104 e. The zero-order valence-electron chi connectivity index (χ0n) is 3.69. The molecule has 0 aliphatic heterocycles. The van der Waals surface area contributed by atoms with Crippen molar-refractivity contribution in [3.63, 3.8) is 0 Å². The van der Waals surface area contributed by atoms with E-state index in [9.17, 15) is 0 Å². The molecule has 7 heavy (non-hydrogen) atoms. The van der Waals surface area contributed by atoms with Gasteiger partial charge in [-0.2, -0.15) is 0 Å². The van der Waals surface area contributed by atoms with Crippen LogP contribution in [0.25, 0.3) is 0 Å². The summed E-state index contributed by atoms with van der Waals surface area (Å²) in [6, 6.07) is 0. The third kappa shape index (κ3) is 5.55. The van der Waals surface area contributed by atoms with E-state index in [4.69, 9.17) is 16.7 Å². The molecule has 0 aliphatic carbocycles. The highest BCUT2D eigenvalue weighted by Gasteiger charge is 1.55. The Hall–Kier alpha value is -0.450. The van der Waals surface area contributed by atoms with Crippen LogP contribution in [0.4, 0.5) is 0 Å². The number of halogens is 1. The van der Waals surface area contributed by atoms with Crippen molar-refractivity contribution < 1.29 is 5.11 Å². The van der Waals surface area contributed by atoms with Gasteiger partial charge in [-0.25, -0.2) is 0 Å². The quantitative estimate of drug-likeness (QED) is 0.463. The van der Waals surface area contributed by atoms with Gasteiger partial charge in [-0.3, -0.25) is 0 Å². The average molecular weight is 117 g/mol. The molecule has 0 heterocycles. The molecule has 0 amide bonds. The highest BCUT2D eigenvalue weighted by atomic mass is 35.5. The predicted molar refractivity (Wildman–Crippen MR) is 29.9 cm³/mol. The third-order valence-corrected chi connectivity index (χ3v) is 0.453. The molecular weight excluding hydrogens is 112 g/mol. The van der Waals surface area contributed by atoms with E-state index in [1.54, 1.807) is 0 Å². The lowest BCUT2D eigenvalue weighted by Gasteiger charge is -1.63. The van der Waals surface area contributed by atoms with Gasteiger partial charge in [0.1, 0.15) is 6.61 Å². The first kappa shape index (κ1) is 6.55. The van der Waals surface area contributed by atoms with Crippen LogP contribution >= 0.6 is 11.6 Å². The Balaban J connectivity index is 3.25. The molecule has 0 bridgehead atoms. The van der Waals surface area contributed by atoms with Crippen LogP contribution in [0.2, 0.25) is 0 Å². The summed E-state index contributed by atoms with van der Waals surface area (Å²) >= 11 is 5.07. The largest absolute Gasteiger partial charge is 0.384 e. The lowest BCUT2D eigenvalue weighted by Crippen LogP contribution is -1.67. The Morgan fingerprint density at radius 3 is 2.86 bits per heavy atom. The van der Waals surface area contributed by atoms with Crippen molar-refractivity contribution >= 4 is 11.6 Å². The monoisotopic (exact) mass is 116 g/mol. The van der Waals surface area contributed by atoms with E-state index < -0.39 is 0 Å². The van der Waals surface area contributed by atoms with Crippen molar-refractivity contribution in [3.8, 4) is 11.8 Å². The van der Waals surface area contributed by atoms with Crippen LogP contribution in [0.3, 0.4) is 0 Å². The highest BCUT2D eigenvalue weighted by molar-refractivity contribution is 6.25. The van der Waals surface area contributed by atoms with Crippen molar-refractivity contribution in [3.05, 3.63) is 11.6 Å². The van der Waals surface area contributed by atoms with E-state index >= 15 is 0 Å². The van der Waals surface area contributed by atoms with Gasteiger partial charge < -0.3 is 5.11 Å². The number of rotatable bonds is 0. The fourth-order valence-electron chi connectivity index (χ4n) is 0.136. The molecule has 0 aromatic carbocycles. The number of aliphatic hydroxyl groups is 1. The Morgan fingerprint density at radius 2 is 2.43 bits per heavy atom. The Morgan fingerprint density at radius 1 is 1.71 bits per heavy atom. The molecule has 0 radical (unpaired) electrons. The first-order valence-electron chi connectivity index (χ1n) is 1.76. The highest BCUT2D eigenvalue weighted by Crippen LogP contribution is 1.72. The summed E-state index contributed by atoms with van der Waals surface area (Å²) in [5.74, 6) is 4.86. The number of hydrogen-bond acceptors (Lipinski definition) is 1. The molecule has 0 aromatic rings. The first-order chi connectivity index (χ1) is 3.41. The first-order valence-corrected chi connectivity index (χ1v) is 2.20. The molecule has 0 rings (SSSR count). The van der Waals surface area contributed by atoms with Gasteiger partial charge >= 0.3 is 0 Å². The molecule has 0 saturated carbocycles. The van der Waals surface area contributed by atoms with E-state index in [1.165, 1.54) is 11.6 Å². The van der Waals surface area contributed by atoms with Gasteiger partial charge in [-0.1, -0.05) is 23.4 Å². The molecule has 0 atom stereocenters. The molecule has 2 heteroatoms. The smallest absolute Gasteiger partial charge is 0.104 e. The summed E-state index contributed by atoms with van der Waals surface area (Å²) < 4.78 is 0. The number of allylic oxidation sites excluding steroid dienone is 1. The van der Waals surface area contributed by atoms with Gasteiger partial charge in [-0.15, -0.1) is 0 Å². The molecule has 0 saturated heterocycles. The van der Waals surface area contributed by atoms with Gasteiger partial charge in [0.15, 0.2) is 0 Å². The zero-order chi connectivity index (χ0) is 5.54. The van der Waals surface area contributed by atoms with Crippen LogP contribution in [0.15, 0.2) is 11.6 Å². The van der Waals surface area contributed by atoms with Gasteiger partial charge in [0, 0.05) is 5.54 Å². The van der Waals surface area contributed by atoms with Crippen molar-refractivity contribution in [2.75, 3.05) is 6.61 Å². The summed E-state index contributed by atoms with van der Waals surface area (Å²) in [6.45, 7) is -0.110. The van der Waals surface area contributed by atoms with Crippen molar-refractivity contribution in [1.29, 1.82) is 0 Å². The molecule has 38 valence electrons. The number of hydrogen-bond donors (Lipinski definition) is 1. The van der Waals surface area contributed by atoms with Crippen molar-refractivity contribution in [1.82, 2.24) is 0 Å². The summed E-state index contributed by atoms with van der Waals surface area (Å²) in [7, 11) is 0. The Kier molecular flexibility index (Phi) is 5.19. The summed E-state index contributed by atoms with van der Waals surface area (Å²) in [5, 5.41) is 8.04. The topological polar surface area (TPSA) is 20.2 Å². The summed E-state index contributed by atoms with van der Waals surface area (Å²) in [6.07, 6.45) is 1.46. The van der Waals surface area contributed by atoms with Crippen LogP contribution in [0, 0.1) is 11.8 Å². The SMILES string of the molecule is OCC#C/C=C\Cl. The van der Waals surface area contributed by atoms with E-state index in [1.807, 2.05) is 0 Å². The molecule has 1 N–H and O–H groups in total. The molecule has 0 aliphatic rings. The number of aliphatic hydroxyl groups excluding tert-OH is 1. The molecular formula is C5H5ClO. The predicted octanol–water partition coefficient (Wildman–Crippen LogP) is 0.735. The van der Waals surface area contributed by atoms with Crippen LogP contribution in [0.1, 0.15) is 0 Å². The lowest BCUT2D eigenvalue weighted by molar-refractivity contribution is 0.350. The normalized spacial score (nSPS) is 8.29. The minimum atomic E-state index is -0.110. The molecule has 0 unspecified atom stereocenters. The van der Waals surface area contributed by atoms with Crippen molar-refractivity contribution in [2.24, 2.45) is 0 Å². The standard InChI is InChI=1S/C5H5ClO/c6-4-2-1-3-5-7/h2,4,7H,5H2/b4-2-. The van der Waals surface area contributed by atoms with Gasteiger partial charge in [-0.05, 0) is 6.08 Å². The second kappa shape index (κ2) is 5.55. The summed E-state index contributed by atoms with van der Waals surface area (Å²) in [5.41, 5.74) is 1.29. The maximum absolute atomic E-state index is 8.04. The van der Waals surface area contributed by atoms with Gasteiger partial charge in [0.05, 0.1) is 0 Å². The van der Waals surface area contributed by atoms with Crippen LogP contribution in [-0.4, -0.2) is 11.7 Å².